The van der Waals surface area contributed by atoms with Gasteiger partial charge in [-0.2, -0.15) is 0 Å². The van der Waals surface area contributed by atoms with Crippen LogP contribution < -0.4 is 4.74 Å². The summed E-state index contributed by atoms with van der Waals surface area (Å²) in [7, 11) is 0. The fourth-order valence-electron chi connectivity index (χ4n) is 3.22. The third-order valence-electron chi connectivity index (χ3n) is 4.67. The van der Waals surface area contributed by atoms with Crippen LogP contribution in [0.4, 0.5) is 0 Å². The predicted molar refractivity (Wildman–Crippen MR) is 112 cm³/mol. The number of unbranched alkanes of at least 4 members (excludes halogenated alkanes) is 2. The van der Waals surface area contributed by atoms with Crippen LogP contribution in [0.1, 0.15) is 62.6 Å². The molecule has 0 saturated heterocycles. The molecule has 0 N–H and O–H groups in total. The van der Waals surface area contributed by atoms with Gasteiger partial charge in [0.05, 0.1) is 23.9 Å². The largest absolute Gasteiger partial charge is 0.492 e. The Balaban J connectivity index is 1.59. The van der Waals surface area contributed by atoms with Crippen LogP contribution in [-0.4, -0.2) is 30.8 Å². The topological polar surface area (TPSA) is 56.9 Å². The Labute approximate surface area is 172 Å². The maximum atomic E-state index is 6.59. The van der Waals surface area contributed by atoms with Crippen molar-refractivity contribution < 1.29 is 14.0 Å². The van der Waals surface area contributed by atoms with Crippen LogP contribution in [0.25, 0.3) is 0 Å². The van der Waals surface area contributed by atoms with E-state index in [-0.39, 0.29) is 5.41 Å². The molecule has 0 atom stereocenters. The second-order valence-electron chi connectivity index (χ2n) is 8.21. The number of hydrogen-bond acceptors (Lipinski definition) is 5. The normalized spacial score (nSPS) is 14.1. The third-order valence-corrected chi connectivity index (χ3v) is 4.96. The molecule has 0 radical (unpaired) electrons. The molecule has 3 rings (SSSR count). The van der Waals surface area contributed by atoms with Gasteiger partial charge in [0.1, 0.15) is 18.1 Å². The molecule has 0 unspecified atom stereocenters. The predicted octanol–water partition coefficient (Wildman–Crippen LogP) is 5.50. The van der Waals surface area contributed by atoms with Crippen molar-refractivity contribution in [2.24, 2.45) is 4.99 Å². The summed E-state index contributed by atoms with van der Waals surface area (Å²) in [4.78, 5) is 4.41. The van der Waals surface area contributed by atoms with Crippen molar-refractivity contribution in [1.29, 1.82) is 0 Å². The Morgan fingerprint density at radius 2 is 1.96 bits per heavy atom. The van der Waals surface area contributed by atoms with Crippen LogP contribution in [0, 0.1) is 6.92 Å². The molecule has 0 amide bonds. The number of benzene rings is 1. The number of halogens is 1. The molecular formula is C22H29ClN2O3. The first-order valence-electron chi connectivity index (χ1n) is 9.91. The summed E-state index contributed by atoms with van der Waals surface area (Å²) < 4.78 is 17.0. The highest BCUT2D eigenvalue weighted by Crippen LogP contribution is 2.38. The molecule has 1 aliphatic heterocycles. The maximum Gasteiger partial charge on any atom is 0.216 e. The van der Waals surface area contributed by atoms with Crippen LogP contribution in [-0.2, 0) is 16.6 Å². The molecule has 2 aromatic rings. The van der Waals surface area contributed by atoms with Crippen LogP contribution in [0.15, 0.2) is 27.7 Å². The average molecular weight is 405 g/mol. The maximum absolute atomic E-state index is 6.59. The van der Waals surface area contributed by atoms with E-state index in [1.54, 1.807) is 0 Å². The number of aliphatic imine (C=N–C) groups is 1. The first-order valence-corrected chi connectivity index (χ1v) is 10.3. The number of ether oxygens (including phenoxy) is 2. The number of nitrogens with zero attached hydrogens (tertiary/aromatic N) is 2. The molecule has 0 saturated carbocycles. The van der Waals surface area contributed by atoms with Gasteiger partial charge in [0.15, 0.2) is 0 Å². The summed E-state index contributed by atoms with van der Waals surface area (Å²) in [5.74, 6) is 2.38. The molecule has 0 spiro atoms. The third kappa shape index (κ3) is 5.28. The minimum atomic E-state index is -0.0989. The van der Waals surface area contributed by atoms with Crippen molar-refractivity contribution in [1.82, 2.24) is 5.16 Å². The lowest BCUT2D eigenvalue weighted by atomic mass is 9.85. The zero-order valence-corrected chi connectivity index (χ0v) is 17.9. The van der Waals surface area contributed by atoms with Gasteiger partial charge in [-0.1, -0.05) is 37.5 Å². The van der Waals surface area contributed by atoms with E-state index >= 15 is 0 Å². The summed E-state index contributed by atoms with van der Waals surface area (Å²) in [6, 6.07) is 5.98. The summed E-state index contributed by atoms with van der Waals surface area (Å²) >= 11 is 6.59. The molecule has 5 nitrogen and oxygen atoms in total. The minimum Gasteiger partial charge on any atom is -0.492 e. The van der Waals surface area contributed by atoms with Gasteiger partial charge in [-0.05, 0) is 43.7 Å². The second-order valence-corrected chi connectivity index (χ2v) is 8.62. The second kappa shape index (κ2) is 8.99. The van der Waals surface area contributed by atoms with Crippen molar-refractivity contribution in [3.8, 4) is 5.75 Å². The van der Waals surface area contributed by atoms with Gasteiger partial charge in [-0.15, -0.1) is 0 Å². The van der Waals surface area contributed by atoms with Crippen LogP contribution in [0.2, 0.25) is 5.02 Å². The van der Waals surface area contributed by atoms with Crippen molar-refractivity contribution in [3.63, 3.8) is 0 Å². The lowest BCUT2D eigenvalue weighted by Gasteiger charge is -2.24. The van der Waals surface area contributed by atoms with E-state index in [9.17, 15) is 0 Å². The Kier molecular flexibility index (Phi) is 6.65. The smallest absolute Gasteiger partial charge is 0.216 e. The van der Waals surface area contributed by atoms with E-state index in [0.29, 0.717) is 30.7 Å². The van der Waals surface area contributed by atoms with E-state index in [1.165, 1.54) is 0 Å². The fourth-order valence-corrected chi connectivity index (χ4v) is 3.49. The number of hydrogen-bond donors (Lipinski definition) is 0. The molecule has 1 aromatic carbocycles. The highest BCUT2D eigenvalue weighted by atomic mass is 35.5. The first-order chi connectivity index (χ1) is 13.3. The van der Waals surface area contributed by atoms with E-state index in [2.05, 4.69) is 37.0 Å². The number of aromatic nitrogens is 1. The quantitative estimate of drug-likeness (QED) is 0.545. The van der Waals surface area contributed by atoms with Gasteiger partial charge in [0.2, 0.25) is 5.90 Å². The molecule has 152 valence electrons. The van der Waals surface area contributed by atoms with Crippen LogP contribution in [0.3, 0.4) is 0 Å². The zero-order valence-electron chi connectivity index (χ0n) is 17.2. The molecule has 1 aliphatic rings. The van der Waals surface area contributed by atoms with E-state index in [0.717, 1.165) is 54.0 Å². The summed E-state index contributed by atoms with van der Waals surface area (Å²) in [5, 5.41) is 4.53. The van der Waals surface area contributed by atoms with E-state index in [4.69, 9.17) is 25.6 Å². The summed E-state index contributed by atoms with van der Waals surface area (Å²) in [6.45, 7) is 10.4. The Morgan fingerprint density at radius 3 is 2.61 bits per heavy atom. The van der Waals surface area contributed by atoms with E-state index in [1.807, 2.05) is 19.1 Å². The lowest BCUT2D eigenvalue weighted by molar-refractivity contribution is 0.296. The highest BCUT2D eigenvalue weighted by molar-refractivity contribution is 6.32. The van der Waals surface area contributed by atoms with Crippen molar-refractivity contribution in [2.45, 2.75) is 58.8 Å². The van der Waals surface area contributed by atoms with Crippen LogP contribution in [0.5, 0.6) is 5.75 Å². The van der Waals surface area contributed by atoms with Gasteiger partial charge < -0.3 is 14.0 Å². The van der Waals surface area contributed by atoms with Gasteiger partial charge in [-0.25, -0.2) is 4.99 Å². The Hall–Kier alpha value is -2.01. The van der Waals surface area contributed by atoms with Gasteiger partial charge in [0, 0.05) is 23.6 Å². The minimum absolute atomic E-state index is 0.0989. The first kappa shape index (κ1) is 20.7. The van der Waals surface area contributed by atoms with Gasteiger partial charge >= 0.3 is 0 Å². The van der Waals surface area contributed by atoms with E-state index < -0.39 is 0 Å². The monoisotopic (exact) mass is 404 g/mol. The summed E-state index contributed by atoms with van der Waals surface area (Å²) in [5.41, 5.74) is 2.82. The SMILES string of the molecule is Cc1cc(CCCCCOc2c(Cl)cc(C3=NCCO3)cc2C(C)(C)C)on1. The summed E-state index contributed by atoms with van der Waals surface area (Å²) in [6.07, 6.45) is 3.98. The molecule has 28 heavy (non-hydrogen) atoms. The molecule has 0 fully saturated rings. The van der Waals surface area contributed by atoms with Crippen molar-refractivity contribution in [3.05, 3.63) is 45.8 Å². The van der Waals surface area contributed by atoms with Gasteiger partial charge in [-0.3, -0.25) is 0 Å². The molecule has 1 aromatic heterocycles. The highest BCUT2D eigenvalue weighted by Gasteiger charge is 2.24. The molecule has 0 aliphatic carbocycles. The molecule has 6 heteroatoms. The van der Waals surface area contributed by atoms with Crippen molar-refractivity contribution >= 4 is 17.5 Å². The van der Waals surface area contributed by atoms with Crippen LogP contribution >= 0.6 is 11.6 Å². The number of rotatable bonds is 8. The molecule has 0 bridgehead atoms. The zero-order chi connectivity index (χ0) is 20.1. The molecular weight excluding hydrogens is 376 g/mol. The molecule has 2 heterocycles. The standard InChI is InChI=1S/C22H29ClN2O3/c1-15-12-17(28-25-15)8-6-5-7-10-26-20-18(22(2,3)4)13-16(14-19(20)23)21-24-9-11-27-21/h12-14H,5-11H2,1-4H3. The Morgan fingerprint density at radius 1 is 1.14 bits per heavy atom. The average Bonchev–Trinajstić information content (AvgIpc) is 3.29. The lowest BCUT2D eigenvalue weighted by Crippen LogP contribution is -2.16. The number of aryl methyl sites for hydroxylation is 2. The fraction of sp³-hybridized carbons (Fsp3) is 0.545. The van der Waals surface area contributed by atoms with Crippen molar-refractivity contribution in [2.75, 3.05) is 19.8 Å². The van der Waals surface area contributed by atoms with Gasteiger partial charge in [0.25, 0.3) is 0 Å². The Bertz CT molecular complexity index is 837.